The van der Waals surface area contributed by atoms with Crippen molar-refractivity contribution in [3.8, 4) is 0 Å². The van der Waals surface area contributed by atoms with Crippen LogP contribution in [0, 0.1) is 0 Å². The zero-order chi connectivity index (χ0) is 13.4. The number of fused-ring (bicyclic) bond motifs is 1. The Hall–Kier alpha value is -1.20. The highest BCUT2D eigenvalue weighted by Crippen LogP contribution is 2.31. The van der Waals surface area contributed by atoms with Crippen LogP contribution in [0.25, 0.3) is 0 Å². The van der Waals surface area contributed by atoms with Gasteiger partial charge in [0.2, 0.25) is 5.95 Å². The van der Waals surface area contributed by atoms with E-state index < -0.39 is 0 Å². The minimum absolute atomic E-state index is 0.392. The fourth-order valence-corrected chi connectivity index (χ4v) is 3.31. The summed E-state index contributed by atoms with van der Waals surface area (Å²) in [5.74, 6) is 0.875. The van der Waals surface area contributed by atoms with Crippen molar-refractivity contribution in [2.24, 2.45) is 0 Å². The lowest BCUT2D eigenvalue weighted by molar-refractivity contribution is 0.0250. The lowest BCUT2D eigenvalue weighted by atomic mass is 10.1. The van der Waals surface area contributed by atoms with E-state index in [1.807, 2.05) is 12.4 Å². The summed E-state index contributed by atoms with van der Waals surface area (Å²) in [6, 6.07) is 1.22. The molecule has 3 aliphatic rings. The SMILES string of the molecule is c1nc(N2CCOC3CCCC32)ncc1CNC1CC1. The topological polar surface area (TPSA) is 50.3 Å². The van der Waals surface area contributed by atoms with E-state index in [4.69, 9.17) is 4.74 Å². The highest BCUT2D eigenvalue weighted by molar-refractivity contribution is 5.34. The second kappa shape index (κ2) is 5.30. The molecule has 108 valence electrons. The van der Waals surface area contributed by atoms with Gasteiger partial charge in [-0.15, -0.1) is 0 Å². The van der Waals surface area contributed by atoms with Crippen molar-refractivity contribution in [1.29, 1.82) is 0 Å². The maximum atomic E-state index is 5.84. The van der Waals surface area contributed by atoms with Crippen LogP contribution in [0.2, 0.25) is 0 Å². The van der Waals surface area contributed by atoms with Crippen molar-refractivity contribution in [2.75, 3.05) is 18.1 Å². The Morgan fingerprint density at radius 3 is 2.85 bits per heavy atom. The molecule has 5 heteroatoms. The highest BCUT2D eigenvalue weighted by atomic mass is 16.5. The second-order valence-electron chi connectivity index (χ2n) is 6.15. The molecule has 1 N–H and O–H groups in total. The summed E-state index contributed by atoms with van der Waals surface area (Å²) >= 11 is 0. The predicted molar refractivity (Wildman–Crippen MR) is 76.6 cm³/mol. The largest absolute Gasteiger partial charge is 0.374 e. The molecular formula is C15H22N4O. The Balaban J connectivity index is 1.44. The lowest BCUT2D eigenvalue weighted by Crippen LogP contribution is -2.49. The van der Waals surface area contributed by atoms with Crippen LogP contribution in [0.15, 0.2) is 12.4 Å². The summed E-state index contributed by atoms with van der Waals surface area (Å²) < 4.78 is 5.84. The van der Waals surface area contributed by atoms with Crippen molar-refractivity contribution in [2.45, 2.75) is 56.8 Å². The smallest absolute Gasteiger partial charge is 0.225 e. The van der Waals surface area contributed by atoms with Gasteiger partial charge in [-0.1, -0.05) is 0 Å². The molecule has 2 unspecified atom stereocenters. The van der Waals surface area contributed by atoms with Crippen LogP contribution in [0.1, 0.15) is 37.7 Å². The number of hydrogen-bond acceptors (Lipinski definition) is 5. The third kappa shape index (κ3) is 2.52. The molecule has 5 nitrogen and oxygen atoms in total. The zero-order valence-corrected chi connectivity index (χ0v) is 11.8. The zero-order valence-electron chi connectivity index (χ0n) is 11.8. The van der Waals surface area contributed by atoms with Crippen LogP contribution in [0.5, 0.6) is 0 Å². The standard InChI is InChI=1S/C15H22N4O/c1-2-13-14(3-1)20-7-6-19(13)15-17-9-11(10-18-15)8-16-12-4-5-12/h9-10,12-14,16H,1-8H2. The number of nitrogens with one attached hydrogen (secondary N) is 1. The van der Waals surface area contributed by atoms with E-state index in [2.05, 4.69) is 20.2 Å². The average molecular weight is 274 g/mol. The molecular weight excluding hydrogens is 252 g/mol. The summed E-state index contributed by atoms with van der Waals surface area (Å²) in [7, 11) is 0. The second-order valence-corrected chi connectivity index (χ2v) is 6.15. The average Bonchev–Trinajstić information content (AvgIpc) is 3.20. The van der Waals surface area contributed by atoms with E-state index in [-0.39, 0.29) is 0 Å². The molecule has 0 spiro atoms. The molecule has 20 heavy (non-hydrogen) atoms. The van der Waals surface area contributed by atoms with Gasteiger partial charge in [0.1, 0.15) is 0 Å². The number of anilines is 1. The van der Waals surface area contributed by atoms with E-state index >= 15 is 0 Å². The van der Waals surface area contributed by atoms with Gasteiger partial charge in [-0.3, -0.25) is 0 Å². The molecule has 2 heterocycles. The maximum absolute atomic E-state index is 5.84. The predicted octanol–water partition coefficient (Wildman–Crippen LogP) is 1.49. The van der Waals surface area contributed by atoms with E-state index in [0.29, 0.717) is 12.1 Å². The van der Waals surface area contributed by atoms with Gasteiger partial charge in [-0.05, 0) is 32.1 Å². The van der Waals surface area contributed by atoms with E-state index in [1.54, 1.807) is 0 Å². The monoisotopic (exact) mass is 274 g/mol. The van der Waals surface area contributed by atoms with E-state index in [1.165, 1.54) is 37.7 Å². The summed E-state index contributed by atoms with van der Waals surface area (Å²) in [5.41, 5.74) is 1.18. The first-order valence-corrected chi connectivity index (χ1v) is 7.83. The summed E-state index contributed by atoms with van der Waals surface area (Å²) in [6.45, 7) is 2.61. The molecule has 1 aromatic rings. The molecule has 3 fully saturated rings. The van der Waals surface area contributed by atoms with Gasteiger partial charge in [0, 0.05) is 37.1 Å². The fourth-order valence-electron chi connectivity index (χ4n) is 3.31. The maximum Gasteiger partial charge on any atom is 0.225 e. The van der Waals surface area contributed by atoms with Gasteiger partial charge in [0.15, 0.2) is 0 Å². The van der Waals surface area contributed by atoms with Crippen LogP contribution in [-0.4, -0.2) is 41.3 Å². The van der Waals surface area contributed by atoms with Crippen LogP contribution in [0.4, 0.5) is 5.95 Å². The van der Waals surface area contributed by atoms with Crippen molar-refractivity contribution in [1.82, 2.24) is 15.3 Å². The minimum atomic E-state index is 0.392. The Labute approximate surface area is 119 Å². The van der Waals surface area contributed by atoms with Crippen molar-refractivity contribution < 1.29 is 4.74 Å². The third-order valence-electron chi connectivity index (χ3n) is 4.60. The molecule has 1 aliphatic heterocycles. The summed E-state index contributed by atoms with van der Waals surface area (Å²) in [6.07, 6.45) is 10.6. The molecule has 2 saturated carbocycles. The molecule has 0 bridgehead atoms. The number of ether oxygens (including phenoxy) is 1. The third-order valence-corrected chi connectivity index (χ3v) is 4.60. The van der Waals surface area contributed by atoms with Crippen molar-refractivity contribution in [3.05, 3.63) is 18.0 Å². The van der Waals surface area contributed by atoms with Crippen LogP contribution in [0.3, 0.4) is 0 Å². The number of morpholine rings is 1. The number of nitrogens with zero attached hydrogens (tertiary/aromatic N) is 3. The van der Waals surface area contributed by atoms with Crippen molar-refractivity contribution >= 4 is 5.95 Å². The molecule has 1 aromatic heterocycles. The lowest BCUT2D eigenvalue weighted by Gasteiger charge is -2.37. The van der Waals surface area contributed by atoms with Gasteiger partial charge >= 0.3 is 0 Å². The van der Waals surface area contributed by atoms with Gasteiger partial charge in [-0.2, -0.15) is 0 Å². The number of hydrogen-bond donors (Lipinski definition) is 1. The Kier molecular flexibility index (Phi) is 3.32. The normalized spacial score (nSPS) is 29.5. The number of aromatic nitrogens is 2. The first-order chi connectivity index (χ1) is 9.90. The summed E-state index contributed by atoms with van der Waals surface area (Å²) in [5, 5.41) is 3.50. The van der Waals surface area contributed by atoms with Crippen LogP contribution < -0.4 is 10.2 Å². The minimum Gasteiger partial charge on any atom is -0.374 e. The van der Waals surface area contributed by atoms with Crippen molar-refractivity contribution in [3.63, 3.8) is 0 Å². The Bertz CT molecular complexity index is 459. The van der Waals surface area contributed by atoms with Gasteiger partial charge in [0.25, 0.3) is 0 Å². The van der Waals surface area contributed by atoms with Crippen LogP contribution >= 0.6 is 0 Å². The fraction of sp³-hybridized carbons (Fsp3) is 0.733. The van der Waals surface area contributed by atoms with Gasteiger partial charge in [0.05, 0.1) is 18.8 Å². The Morgan fingerprint density at radius 2 is 2.05 bits per heavy atom. The molecule has 0 aromatic carbocycles. The number of rotatable bonds is 4. The van der Waals surface area contributed by atoms with E-state index in [9.17, 15) is 0 Å². The molecule has 1 saturated heterocycles. The first kappa shape index (κ1) is 12.5. The Morgan fingerprint density at radius 1 is 1.20 bits per heavy atom. The molecule has 2 atom stereocenters. The first-order valence-electron chi connectivity index (χ1n) is 7.83. The summed E-state index contributed by atoms with van der Waals surface area (Å²) in [4.78, 5) is 11.5. The van der Waals surface area contributed by atoms with Gasteiger partial charge < -0.3 is 15.0 Å². The molecule has 4 rings (SSSR count). The molecule has 0 radical (unpaired) electrons. The highest BCUT2D eigenvalue weighted by Gasteiger charge is 2.37. The van der Waals surface area contributed by atoms with Crippen LogP contribution in [-0.2, 0) is 11.3 Å². The molecule has 2 aliphatic carbocycles. The van der Waals surface area contributed by atoms with E-state index in [0.717, 1.165) is 31.7 Å². The van der Waals surface area contributed by atoms with Gasteiger partial charge in [-0.25, -0.2) is 9.97 Å². The quantitative estimate of drug-likeness (QED) is 0.901. The molecule has 0 amide bonds.